The van der Waals surface area contributed by atoms with Crippen molar-refractivity contribution >= 4 is 27.5 Å². The largest absolute Gasteiger partial charge is 0.368 e. The number of amides is 1. The van der Waals surface area contributed by atoms with Crippen molar-refractivity contribution in [1.29, 1.82) is 0 Å². The first kappa shape index (κ1) is 9.45. The Morgan fingerprint density at radius 1 is 1.71 bits per heavy atom. The van der Waals surface area contributed by atoms with Gasteiger partial charge in [-0.05, 0) is 28.4 Å². The van der Waals surface area contributed by atoms with Gasteiger partial charge < -0.3 is 10.6 Å². The molecule has 4 nitrogen and oxygen atoms in total. The normalized spacial score (nSPS) is 20.4. The third-order valence-electron chi connectivity index (χ3n) is 2.41. The van der Waals surface area contributed by atoms with Gasteiger partial charge in [0.1, 0.15) is 6.04 Å². The van der Waals surface area contributed by atoms with Crippen LogP contribution in [-0.2, 0) is 4.79 Å². The number of pyridine rings is 1. The Balaban J connectivity index is 2.24. The molecule has 74 valence electrons. The molecule has 1 fully saturated rings. The molecule has 0 spiro atoms. The van der Waals surface area contributed by atoms with E-state index in [0.29, 0.717) is 0 Å². The van der Waals surface area contributed by atoms with Crippen molar-refractivity contribution in [3.63, 3.8) is 0 Å². The second-order valence-electron chi connectivity index (χ2n) is 3.23. The van der Waals surface area contributed by atoms with E-state index in [1.165, 1.54) is 0 Å². The Morgan fingerprint density at radius 2 is 2.50 bits per heavy atom. The molecule has 2 heterocycles. The summed E-state index contributed by atoms with van der Waals surface area (Å²) in [6, 6.07) is 1.72. The molecule has 2 rings (SSSR count). The molecule has 1 saturated heterocycles. The summed E-state index contributed by atoms with van der Waals surface area (Å²) in [6.45, 7) is 0.871. The van der Waals surface area contributed by atoms with Gasteiger partial charge in [-0.25, -0.2) is 0 Å². The van der Waals surface area contributed by atoms with Gasteiger partial charge in [0.15, 0.2) is 0 Å². The number of rotatable bonds is 2. The molecule has 1 unspecified atom stereocenters. The number of nitrogens with two attached hydrogens (primary N) is 1. The maximum Gasteiger partial charge on any atom is 0.240 e. The summed E-state index contributed by atoms with van der Waals surface area (Å²) in [5.74, 6) is -0.264. The first-order valence-electron chi connectivity index (χ1n) is 4.35. The van der Waals surface area contributed by atoms with Crippen LogP contribution in [-0.4, -0.2) is 23.5 Å². The minimum Gasteiger partial charge on any atom is -0.368 e. The molecule has 5 heteroatoms. The fraction of sp³-hybridized carbons (Fsp3) is 0.333. The van der Waals surface area contributed by atoms with E-state index in [9.17, 15) is 4.79 Å². The van der Waals surface area contributed by atoms with Crippen molar-refractivity contribution in [3.8, 4) is 0 Å². The maximum absolute atomic E-state index is 11.0. The molecule has 1 aliphatic heterocycles. The highest BCUT2D eigenvalue weighted by atomic mass is 79.9. The van der Waals surface area contributed by atoms with E-state index >= 15 is 0 Å². The average molecular weight is 256 g/mol. The first-order chi connectivity index (χ1) is 6.70. The van der Waals surface area contributed by atoms with Crippen molar-refractivity contribution in [2.24, 2.45) is 5.73 Å². The van der Waals surface area contributed by atoms with E-state index in [-0.39, 0.29) is 11.9 Å². The lowest BCUT2D eigenvalue weighted by atomic mass is 10.0. The Labute approximate surface area is 90.2 Å². The van der Waals surface area contributed by atoms with Gasteiger partial charge in [-0.15, -0.1) is 0 Å². The molecule has 1 atom stereocenters. The standard InChI is InChI=1S/C9H10BrN3O/c10-6-5-12-3-1-7(6)13-4-2-8(13)9(11)14/h1,3,5,8H,2,4H2,(H2,11,14). The Bertz CT molecular complexity index is 369. The summed E-state index contributed by atoms with van der Waals surface area (Å²) >= 11 is 3.39. The smallest absolute Gasteiger partial charge is 0.240 e. The highest BCUT2D eigenvalue weighted by Gasteiger charge is 2.33. The van der Waals surface area contributed by atoms with Crippen LogP contribution >= 0.6 is 15.9 Å². The molecule has 2 N–H and O–H groups in total. The van der Waals surface area contributed by atoms with Crippen LogP contribution < -0.4 is 10.6 Å². The van der Waals surface area contributed by atoms with Crippen LogP contribution in [0.15, 0.2) is 22.9 Å². The van der Waals surface area contributed by atoms with Crippen molar-refractivity contribution in [2.75, 3.05) is 11.4 Å². The van der Waals surface area contributed by atoms with Crippen molar-refractivity contribution < 1.29 is 4.79 Å². The molecule has 1 aromatic rings. The van der Waals surface area contributed by atoms with E-state index in [1.807, 2.05) is 11.0 Å². The second kappa shape index (κ2) is 3.57. The van der Waals surface area contributed by atoms with E-state index in [4.69, 9.17) is 5.73 Å². The zero-order chi connectivity index (χ0) is 10.1. The molecular formula is C9H10BrN3O. The lowest BCUT2D eigenvalue weighted by Gasteiger charge is -2.41. The quantitative estimate of drug-likeness (QED) is 0.855. The average Bonchev–Trinajstić information content (AvgIpc) is 2.05. The fourth-order valence-electron chi connectivity index (χ4n) is 1.57. The zero-order valence-corrected chi connectivity index (χ0v) is 9.07. The first-order valence-corrected chi connectivity index (χ1v) is 5.15. The Hall–Kier alpha value is -1.10. The molecule has 1 amide bonds. The minimum atomic E-state index is -0.264. The summed E-state index contributed by atoms with van der Waals surface area (Å²) in [5.41, 5.74) is 6.25. The number of nitrogens with zero attached hydrogens (tertiary/aromatic N) is 2. The second-order valence-corrected chi connectivity index (χ2v) is 4.08. The van der Waals surface area contributed by atoms with E-state index in [0.717, 1.165) is 23.1 Å². The molecule has 1 aromatic heterocycles. The molecule has 0 aromatic carbocycles. The summed E-state index contributed by atoms with van der Waals surface area (Å²) in [5, 5.41) is 0. The maximum atomic E-state index is 11.0. The molecule has 14 heavy (non-hydrogen) atoms. The molecular weight excluding hydrogens is 246 g/mol. The highest BCUT2D eigenvalue weighted by molar-refractivity contribution is 9.10. The number of halogens is 1. The number of anilines is 1. The van der Waals surface area contributed by atoms with Crippen LogP contribution in [0.5, 0.6) is 0 Å². The fourth-order valence-corrected chi connectivity index (χ4v) is 2.05. The minimum absolute atomic E-state index is 0.159. The number of hydrogen-bond donors (Lipinski definition) is 1. The number of primary amides is 1. The van der Waals surface area contributed by atoms with E-state index in [1.54, 1.807) is 12.4 Å². The summed E-state index contributed by atoms with van der Waals surface area (Å²) in [6.07, 6.45) is 4.26. The van der Waals surface area contributed by atoms with Gasteiger partial charge in [0.2, 0.25) is 5.91 Å². The predicted octanol–water partition coefficient (Wildman–Crippen LogP) is 0.908. The third-order valence-corrected chi connectivity index (χ3v) is 3.02. The SMILES string of the molecule is NC(=O)C1CCN1c1ccncc1Br. The van der Waals surface area contributed by atoms with Gasteiger partial charge in [0, 0.05) is 18.9 Å². The van der Waals surface area contributed by atoms with Crippen molar-refractivity contribution in [2.45, 2.75) is 12.5 Å². The van der Waals surface area contributed by atoms with Crippen LogP contribution in [0.2, 0.25) is 0 Å². The summed E-state index contributed by atoms with van der Waals surface area (Å²) in [4.78, 5) is 17.0. The van der Waals surface area contributed by atoms with Gasteiger partial charge in [-0.3, -0.25) is 9.78 Å². The van der Waals surface area contributed by atoms with Crippen LogP contribution in [0.25, 0.3) is 0 Å². The molecule has 0 bridgehead atoms. The third kappa shape index (κ3) is 1.48. The number of hydrogen-bond acceptors (Lipinski definition) is 3. The number of carbonyl (C=O) groups is 1. The highest BCUT2D eigenvalue weighted by Crippen LogP contribution is 2.31. The van der Waals surface area contributed by atoms with E-state index in [2.05, 4.69) is 20.9 Å². The summed E-state index contributed by atoms with van der Waals surface area (Å²) in [7, 11) is 0. The van der Waals surface area contributed by atoms with Crippen LogP contribution in [0.1, 0.15) is 6.42 Å². The Morgan fingerprint density at radius 3 is 3.00 bits per heavy atom. The molecule has 0 saturated carbocycles. The van der Waals surface area contributed by atoms with Gasteiger partial charge in [0.25, 0.3) is 0 Å². The molecule has 0 aliphatic carbocycles. The lowest BCUT2D eigenvalue weighted by Crippen LogP contribution is -2.55. The predicted molar refractivity (Wildman–Crippen MR) is 56.9 cm³/mol. The van der Waals surface area contributed by atoms with Crippen LogP contribution in [0.4, 0.5) is 5.69 Å². The van der Waals surface area contributed by atoms with Gasteiger partial charge in [-0.1, -0.05) is 0 Å². The van der Waals surface area contributed by atoms with Crippen molar-refractivity contribution in [3.05, 3.63) is 22.9 Å². The number of carbonyl (C=O) groups excluding carboxylic acids is 1. The molecule has 1 aliphatic rings. The van der Waals surface area contributed by atoms with Crippen LogP contribution in [0, 0.1) is 0 Å². The van der Waals surface area contributed by atoms with Gasteiger partial charge in [0.05, 0.1) is 10.2 Å². The van der Waals surface area contributed by atoms with Crippen molar-refractivity contribution in [1.82, 2.24) is 4.98 Å². The number of aromatic nitrogens is 1. The topological polar surface area (TPSA) is 59.2 Å². The van der Waals surface area contributed by atoms with Gasteiger partial charge >= 0.3 is 0 Å². The zero-order valence-electron chi connectivity index (χ0n) is 7.48. The summed E-state index contributed by atoms with van der Waals surface area (Å²) < 4.78 is 0.894. The molecule has 0 radical (unpaired) electrons. The lowest BCUT2D eigenvalue weighted by molar-refractivity contribution is -0.120. The van der Waals surface area contributed by atoms with Gasteiger partial charge in [-0.2, -0.15) is 0 Å². The van der Waals surface area contributed by atoms with E-state index < -0.39 is 0 Å². The Kier molecular flexibility index (Phi) is 2.41. The van der Waals surface area contributed by atoms with Crippen LogP contribution in [0.3, 0.4) is 0 Å². The monoisotopic (exact) mass is 255 g/mol.